The molecule has 1 aliphatic rings. The second-order valence-electron chi connectivity index (χ2n) is 5.86. The molecule has 2 rings (SSSR count). The Bertz CT molecular complexity index is 527. The molecule has 1 aliphatic heterocycles. The number of aromatic nitrogens is 1. The molecule has 2 heterocycles. The molecular formula is C16H24N4O3. The highest BCUT2D eigenvalue weighted by Crippen LogP contribution is 2.13. The normalized spacial score (nSPS) is 16.2. The van der Waals surface area contributed by atoms with E-state index in [-0.39, 0.29) is 11.9 Å². The van der Waals surface area contributed by atoms with Crippen molar-refractivity contribution >= 4 is 17.8 Å². The number of hydrogen-bond donors (Lipinski definition) is 1. The Balaban J connectivity index is 1.89. The third-order valence-electron chi connectivity index (χ3n) is 3.94. The molecule has 1 fully saturated rings. The number of methoxy groups -OCH3 is 1. The predicted octanol–water partition coefficient (Wildman–Crippen LogP) is 1.11. The average molecular weight is 320 g/mol. The van der Waals surface area contributed by atoms with Crippen molar-refractivity contribution in [1.29, 1.82) is 0 Å². The topological polar surface area (TPSA) is 74.8 Å². The van der Waals surface area contributed by atoms with E-state index in [2.05, 4.69) is 15.2 Å². The number of carbonyl (C=O) groups excluding carboxylic acids is 2. The van der Waals surface area contributed by atoms with Gasteiger partial charge >= 0.3 is 12.0 Å². The van der Waals surface area contributed by atoms with Gasteiger partial charge in [-0.25, -0.2) is 14.6 Å². The van der Waals surface area contributed by atoms with Crippen LogP contribution in [-0.4, -0.2) is 61.2 Å². The second kappa shape index (κ2) is 7.80. The second-order valence-corrected chi connectivity index (χ2v) is 5.86. The minimum Gasteiger partial charge on any atom is -0.467 e. The van der Waals surface area contributed by atoms with Crippen molar-refractivity contribution in [3.63, 3.8) is 0 Å². The number of amides is 2. The third-order valence-corrected chi connectivity index (χ3v) is 3.94. The number of rotatable bonds is 4. The Morgan fingerprint density at radius 3 is 2.43 bits per heavy atom. The van der Waals surface area contributed by atoms with Crippen LogP contribution in [0, 0.1) is 5.92 Å². The molecule has 0 saturated carbocycles. The first kappa shape index (κ1) is 17.1. The number of anilines is 1. The summed E-state index contributed by atoms with van der Waals surface area (Å²) in [6.07, 6.45) is 1.76. The average Bonchev–Trinajstić information content (AvgIpc) is 2.59. The summed E-state index contributed by atoms with van der Waals surface area (Å²) in [5, 5.41) is 2.77. The van der Waals surface area contributed by atoms with Crippen LogP contribution in [0.2, 0.25) is 0 Å². The zero-order chi connectivity index (χ0) is 16.8. The summed E-state index contributed by atoms with van der Waals surface area (Å²) in [7, 11) is 1.33. The van der Waals surface area contributed by atoms with Crippen molar-refractivity contribution in [3.05, 3.63) is 24.4 Å². The zero-order valence-electron chi connectivity index (χ0n) is 13.9. The first-order valence-electron chi connectivity index (χ1n) is 7.82. The molecule has 0 radical (unpaired) electrons. The van der Waals surface area contributed by atoms with E-state index in [1.165, 1.54) is 7.11 Å². The molecule has 2 amide bonds. The number of piperazine rings is 1. The number of ether oxygens (including phenoxy) is 1. The van der Waals surface area contributed by atoms with Gasteiger partial charge in [-0.15, -0.1) is 0 Å². The minimum absolute atomic E-state index is 0.0267. The summed E-state index contributed by atoms with van der Waals surface area (Å²) < 4.78 is 4.75. The van der Waals surface area contributed by atoms with Crippen LogP contribution in [0.3, 0.4) is 0 Å². The van der Waals surface area contributed by atoms with E-state index in [9.17, 15) is 9.59 Å². The Hall–Kier alpha value is -2.31. The quantitative estimate of drug-likeness (QED) is 0.841. The van der Waals surface area contributed by atoms with E-state index in [4.69, 9.17) is 4.74 Å². The monoisotopic (exact) mass is 320 g/mol. The van der Waals surface area contributed by atoms with Gasteiger partial charge in [-0.05, 0) is 18.1 Å². The first-order chi connectivity index (χ1) is 11.0. The molecule has 0 unspecified atom stereocenters. The number of urea groups is 1. The lowest BCUT2D eigenvalue weighted by Gasteiger charge is -2.36. The maximum absolute atomic E-state index is 12.3. The van der Waals surface area contributed by atoms with Crippen LogP contribution in [0.15, 0.2) is 24.4 Å². The predicted molar refractivity (Wildman–Crippen MR) is 87.2 cm³/mol. The lowest BCUT2D eigenvalue weighted by atomic mass is 10.1. The summed E-state index contributed by atoms with van der Waals surface area (Å²) in [5.74, 6) is 0.476. The fourth-order valence-electron chi connectivity index (χ4n) is 2.53. The Labute approximate surface area is 136 Å². The first-order valence-corrected chi connectivity index (χ1v) is 7.82. The van der Waals surface area contributed by atoms with Crippen LogP contribution in [0.25, 0.3) is 0 Å². The summed E-state index contributed by atoms with van der Waals surface area (Å²) in [5.41, 5.74) is 0. The lowest BCUT2D eigenvalue weighted by Crippen LogP contribution is -2.56. The van der Waals surface area contributed by atoms with Crippen molar-refractivity contribution in [2.24, 2.45) is 5.92 Å². The molecule has 0 aliphatic carbocycles. The Morgan fingerprint density at radius 2 is 1.91 bits per heavy atom. The highest BCUT2D eigenvalue weighted by atomic mass is 16.5. The van der Waals surface area contributed by atoms with Crippen LogP contribution in [-0.2, 0) is 9.53 Å². The van der Waals surface area contributed by atoms with E-state index >= 15 is 0 Å². The fourth-order valence-corrected chi connectivity index (χ4v) is 2.53. The van der Waals surface area contributed by atoms with Crippen LogP contribution < -0.4 is 10.2 Å². The van der Waals surface area contributed by atoms with Crippen LogP contribution >= 0.6 is 0 Å². The summed E-state index contributed by atoms with van der Waals surface area (Å²) >= 11 is 0. The molecule has 7 nitrogen and oxygen atoms in total. The SMILES string of the molecule is COC(=O)[C@H](NC(=O)N1CCN(c2ccccn2)CC1)C(C)C. The number of nitrogens with zero attached hydrogens (tertiary/aromatic N) is 3. The van der Waals surface area contributed by atoms with Gasteiger partial charge in [0.2, 0.25) is 0 Å². The van der Waals surface area contributed by atoms with Gasteiger partial charge in [0.15, 0.2) is 0 Å². The molecular weight excluding hydrogens is 296 g/mol. The van der Waals surface area contributed by atoms with Crippen LogP contribution in [0.1, 0.15) is 13.8 Å². The largest absolute Gasteiger partial charge is 0.467 e. The van der Waals surface area contributed by atoms with Gasteiger partial charge < -0.3 is 19.9 Å². The van der Waals surface area contributed by atoms with Gasteiger partial charge in [-0.3, -0.25) is 0 Å². The molecule has 0 spiro atoms. The van der Waals surface area contributed by atoms with E-state index in [1.807, 2.05) is 32.0 Å². The maximum Gasteiger partial charge on any atom is 0.328 e. The van der Waals surface area contributed by atoms with Gasteiger partial charge in [0.1, 0.15) is 11.9 Å². The standard InChI is InChI=1S/C16H24N4O3/c1-12(2)14(15(21)23-3)18-16(22)20-10-8-19(9-11-20)13-6-4-5-7-17-13/h4-7,12,14H,8-11H2,1-3H3,(H,18,22)/t14-/m1/s1. The molecule has 1 saturated heterocycles. The molecule has 126 valence electrons. The molecule has 1 atom stereocenters. The number of nitrogens with one attached hydrogen (secondary N) is 1. The summed E-state index contributed by atoms with van der Waals surface area (Å²) in [6, 6.07) is 4.94. The van der Waals surface area contributed by atoms with Gasteiger partial charge in [-0.1, -0.05) is 19.9 Å². The van der Waals surface area contributed by atoms with E-state index in [0.29, 0.717) is 13.1 Å². The molecule has 1 aromatic rings. The van der Waals surface area contributed by atoms with Crippen LogP contribution in [0.4, 0.5) is 10.6 Å². The molecule has 23 heavy (non-hydrogen) atoms. The van der Waals surface area contributed by atoms with Crippen LogP contribution in [0.5, 0.6) is 0 Å². The number of esters is 1. The number of pyridine rings is 1. The fraction of sp³-hybridized carbons (Fsp3) is 0.562. The van der Waals surface area contributed by atoms with Gasteiger partial charge in [-0.2, -0.15) is 0 Å². The number of hydrogen-bond acceptors (Lipinski definition) is 5. The Morgan fingerprint density at radius 1 is 1.22 bits per heavy atom. The molecule has 0 bridgehead atoms. The summed E-state index contributed by atoms with van der Waals surface area (Å²) in [6.45, 7) is 6.37. The summed E-state index contributed by atoms with van der Waals surface area (Å²) in [4.78, 5) is 32.3. The lowest BCUT2D eigenvalue weighted by molar-refractivity contribution is -0.144. The minimum atomic E-state index is -0.624. The third kappa shape index (κ3) is 4.34. The Kier molecular flexibility index (Phi) is 5.78. The smallest absolute Gasteiger partial charge is 0.328 e. The number of carbonyl (C=O) groups is 2. The van der Waals surface area contributed by atoms with Crippen molar-refractivity contribution in [2.75, 3.05) is 38.2 Å². The maximum atomic E-state index is 12.3. The van der Waals surface area contributed by atoms with Gasteiger partial charge in [0, 0.05) is 32.4 Å². The van der Waals surface area contributed by atoms with Crippen molar-refractivity contribution in [2.45, 2.75) is 19.9 Å². The van der Waals surface area contributed by atoms with E-state index in [1.54, 1.807) is 11.1 Å². The zero-order valence-corrected chi connectivity index (χ0v) is 13.9. The van der Waals surface area contributed by atoms with E-state index < -0.39 is 12.0 Å². The van der Waals surface area contributed by atoms with Gasteiger partial charge in [0.05, 0.1) is 7.11 Å². The molecule has 1 aromatic heterocycles. The highest BCUT2D eigenvalue weighted by Gasteiger charge is 2.28. The molecule has 1 N–H and O–H groups in total. The van der Waals surface area contributed by atoms with E-state index in [0.717, 1.165) is 18.9 Å². The molecule has 0 aromatic carbocycles. The van der Waals surface area contributed by atoms with Crippen molar-refractivity contribution < 1.29 is 14.3 Å². The highest BCUT2D eigenvalue weighted by molar-refractivity contribution is 5.83. The van der Waals surface area contributed by atoms with Gasteiger partial charge in [0.25, 0.3) is 0 Å². The van der Waals surface area contributed by atoms with Crippen molar-refractivity contribution in [3.8, 4) is 0 Å². The molecule has 7 heteroatoms. The van der Waals surface area contributed by atoms with Crippen molar-refractivity contribution in [1.82, 2.24) is 15.2 Å².